The molecule has 0 aromatic heterocycles. The van der Waals surface area contributed by atoms with E-state index in [1.54, 1.807) is 6.08 Å². The largest absolute Gasteiger partial charge is 0.489 e. The summed E-state index contributed by atoms with van der Waals surface area (Å²) in [4.78, 5) is 12.6. The smallest absolute Gasteiger partial charge is 0.225 e. The molecule has 1 unspecified atom stereocenters. The van der Waals surface area contributed by atoms with Gasteiger partial charge in [0, 0.05) is 29.7 Å². The Balaban J connectivity index is 1.68. The number of para-hydroxylation sites is 1. The molecular formula is C22H35N3O2. The van der Waals surface area contributed by atoms with Gasteiger partial charge in [-0.05, 0) is 53.1 Å². The molecule has 0 aliphatic carbocycles. The lowest BCUT2D eigenvalue weighted by molar-refractivity contribution is -0.126. The molecule has 1 saturated heterocycles. The van der Waals surface area contributed by atoms with Crippen LogP contribution in [0, 0.1) is 5.92 Å². The van der Waals surface area contributed by atoms with Gasteiger partial charge in [0.15, 0.2) is 0 Å². The van der Waals surface area contributed by atoms with E-state index < -0.39 is 0 Å². The lowest BCUT2D eigenvalue weighted by Gasteiger charge is -2.27. The van der Waals surface area contributed by atoms with Crippen LogP contribution < -0.4 is 20.7 Å². The lowest BCUT2D eigenvalue weighted by Crippen LogP contribution is -2.48. The Kier molecular flexibility index (Phi) is 7.45. The number of benzene rings is 1. The second kappa shape index (κ2) is 9.38. The van der Waals surface area contributed by atoms with Crippen molar-refractivity contribution in [2.75, 3.05) is 19.7 Å². The highest BCUT2D eigenvalue weighted by Crippen LogP contribution is 2.35. The average Bonchev–Trinajstić information content (AvgIpc) is 2.84. The number of amides is 1. The van der Waals surface area contributed by atoms with Gasteiger partial charge in [0.05, 0.1) is 5.92 Å². The first-order valence-electron chi connectivity index (χ1n) is 9.84. The molecule has 1 aromatic carbocycles. The summed E-state index contributed by atoms with van der Waals surface area (Å²) in [5, 5.41) is 10.1. The van der Waals surface area contributed by atoms with Crippen molar-refractivity contribution in [3.63, 3.8) is 0 Å². The number of carbonyl (C=O) groups is 1. The van der Waals surface area contributed by atoms with Crippen LogP contribution in [-0.2, 0) is 11.3 Å². The van der Waals surface area contributed by atoms with Gasteiger partial charge in [-0.15, -0.1) is 0 Å². The standard InChI is InChI=1S/C22H35N3O2/c1-6-14-27-19-11-8-7-10-17(19)16-23-12-9-13-24-20(26)18-15-21(2,3)25-22(18,4)5/h6-8,10-11,18,23,25H,1,9,12-16H2,2-5H3,(H,24,26). The highest BCUT2D eigenvalue weighted by atomic mass is 16.5. The van der Waals surface area contributed by atoms with Crippen molar-refractivity contribution in [2.24, 2.45) is 5.92 Å². The highest BCUT2D eigenvalue weighted by Gasteiger charge is 2.47. The predicted molar refractivity (Wildman–Crippen MR) is 111 cm³/mol. The van der Waals surface area contributed by atoms with Crippen LogP contribution in [0.3, 0.4) is 0 Å². The third-order valence-corrected chi connectivity index (χ3v) is 5.04. The molecular weight excluding hydrogens is 338 g/mol. The summed E-state index contributed by atoms with van der Waals surface area (Å²) in [5.74, 6) is 1.05. The zero-order chi connectivity index (χ0) is 19.9. The predicted octanol–water partition coefficient (Wildman–Crippen LogP) is 3.01. The van der Waals surface area contributed by atoms with Gasteiger partial charge in [0.1, 0.15) is 12.4 Å². The number of hydrogen-bond donors (Lipinski definition) is 3. The molecule has 150 valence electrons. The maximum Gasteiger partial charge on any atom is 0.225 e. The van der Waals surface area contributed by atoms with Crippen LogP contribution in [-0.4, -0.2) is 36.7 Å². The summed E-state index contributed by atoms with van der Waals surface area (Å²) in [7, 11) is 0. The van der Waals surface area contributed by atoms with Crippen molar-refractivity contribution in [3.05, 3.63) is 42.5 Å². The van der Waals surface area contributed by atoms with Gasteiger partial charge < -0.3 is 20.7 Å². The summed E-state index contributed by atoms with van der Waals surface area (Å²) >= 11 is 0. The molecule has 5 nitrogen and oxygen atoms in total. The first-order valence-corrected chi connectivity index (χ1v) is 9.84. The zero-order valence-electron chi connectivity index (χ0n) is 17.2. The Morgan fingerprint density at radius 3 is 2.70 bits per heavy atom. The van der Waals surface area contributed by atoms with Gasteiger partial charge >= 0.3 is 0 Å². The molecule has 1 aliphatic heterocycles. The minimum atomic E-state index is -0.166. The maximum atomic E-state index is 12.6. The third-order valence-electron chi connectivity index (χ3n) is 5.04. The Morgan fingerprint density at radius 1 is 1.30 bits per heavy atom. The first-order chi connectivity index (χ1) is 12.7. The number of carbonyl (C=O) groups excluding carboxylic acids is 1. The van der Waals surface area contributed by atoms with Crippen molar-refractivity contribution in [1.29, 1.82) is 0 Å². The molecule has 0 radical (unpaired) electrons. The van der Waals surface area contributed by atoms with Crippen LogP contribution in [0.5, 0.6) is 5.75 Å². The molecule has 1 fully saturated rings. The van der Waals surface area contributed by atoms with E-state index in [-0.39, 0.29) is 22.9 Å². The van der Waals surface area contributed by atoms with E-state index in [0.717, 1.165) is 37.2 Å². The summed E-state index contributed by atoms with van der Waals surface area (Å²) in [6, 6.07) is 8.01. The van der Waals surface area contributed by atoms with Crippen molar-refractivity contribution >= 4 is 5.91 Å². The van der Waals surface area contributed by atoms with E-state index in [1.807, 2.05) is 18.2 Å². The molecule has 2 rings (SSSR count). The van der Waals surface area contributed by atoms with Crippen LogP contribution >= 0.6 is 0 Å². The SMILES string of the molecule is C=CCOc1ccccc1CNCCCNC(=O)C1CC(C)(C)NC1(C)C. The van der Waals surface area contributed by atoms with Gasteiger partial charge in [0.25, 0.3) is 0 Å². The van der Waals surface area contributed by atoms with Gasteiger partial charge in [0.2, 0.25) is 5.91 Å². The van der Waals surface area contributed by atoms with Gasteiger partial charge in [-0.25, -0.2) is 0 Å². The second-order valence-corrected chi connectivity index (χ2v) is 8.52. The topological polar surface area (TPSA) is 62.4 Å². The van der Waals surface area contributed by atoms with Crippen LogP contribution in [0.2, 0.25) is 0 Å². The van der Waals surface area contributed by atoms with Gasteiger partial charge in [-0.2, -0.15) is 0 Å². The fourth-order valence-corrected chi connectivity index (χ4v) is 3.91. The van der Waals surface area contributed by atoms with Crippen molar-refractivity contribution in [2.45, 2.75) is 58.2 Å². The summed E-state index contributed by atoms with van der Waals surface area (Å²) < 4.78 is 5.67. The molecule has 0 spiro atoms. The molecule has 5 heteroatoms. The maximum absolute atomic E-state index is 12.6. The van der Waals surface area contributed by atoms with Gasteiger partial charge in [-0.1, -0.05) is 30.9 Å². The molecule has 1 aliphatic rings. The fraction of sp³-hybridized carbons (Fsp3) is 0.591. The fourth-order valence-electron chi connectivity index (χ4n) is 3.91. The molecule has 1 aromatic rings. The zero-order valence-corrected chi connectivity index (χ0v) is 17.2. The Hall–Kier alpha value is -1.85. The lowest BCUT2D eigenvalue weighted by atomic mass is 9.86. The molecule has 0 saturated carbocycles. The molecule has 0 bridgehead atoms. The summed E-state index contributed by atoms with van der Waals surface area (Å²) in [5.41, 5.74) is 0.971. The quantitative estimate of drug-likeness (QED) is 0.436. The minimum Gasteiger partial charge on any atom is -0.489 e. The highest BCUT2D eigenvalue weighted by molar-refractivity contribution is 5.80. The van der Waals surface area contributed by atoms with Crippen LogP contribution in [0.15, 0.2) is 36.9 Å². The number of rotatable bonds is 10. The van der Waals surface area contributed by atoms with E-state index in [4.69, 9.17) is 4.74 Å². The Bertz CT molecular complexity index is 640. The van der Waals surface area contributed by atoms with Crippen molar-refractivity contribution < 1.29 is 9.53 Å². The normalized spacial score (nSPS) is 20.2. The van der Waals surface area contributed by atoms with Crippen molar-refractivity contribution in [3.8, 4) is 5.75 Å². The second-order valence-electron chi connectivity index (χ2n) is 8.52. The third kappa shape index (κ3) is 6.36. The van der Waals surface area contributed by atoms with E-state index >= 15 is 0 Å². The number of nitrogens with one attached hydrogen (secondary N) is 3. The Morgan fingerprint density at radius 2 is 2.04 bits per heavy atom. The first kappa shape index (κ1) is 21.5. The molecule has 3 N–H and O–H groups in total. The molecule has 27 heavy (non-hydrogen) atoms. The Labute approximate surface area is 163 Å². The van der Waals surface area contributed by atoms with E-state index in [1.165, 1.54) is 0 Å². The van der Waals surface area contributed by atoms with Crippen LogP contribution in [0.25, 0.3) is 0 Å². The number of ether oxygens (including phenoxy) is 1. The van der Waals surface area contributed by atoms with E-state index in [2.05, 4.69) is 56.3 Å². The summed E-state index contributed by atoms with van der Waals surface area (Å²) in [6.45, 7) is 15.0. The minimum absolute atomic E-state index is 0.00806. The monoisotopic (exact) mass is 373 g/mol. The molecule has 1 atom stereocenters. The van der Waals surface area contributed by atoms with Crippen LogP contribution in [0.4, 0.5) is 0 Å². The average molecular weight is 374 g/mol. The number of hydrogen-bond acceptors (Lipinski definition) is 4. The van der Waals surface area contributed by atoms with Crippen molar-refractivity contribution in [1.82, 2.24) is 16.0 Å². The van der Waals surface area contributed by atoms with Crippen LogP contribution in [0.1, 0.15) is 46.1 Å². The summed E-state index contributed by atoms with van der Waals surface area (Å²) in [6.07, 6.45) is 3.51. The molecule has 1 heterocycles. The van der Waals surface area contributed by atoms with E-state index in [0.29, 0.717) is 13.2 Å². The van der Waals surface area contributed by atoms with Gasteiger partial charge in [-0.3, -0.25) is 4.79 Å². The van der Waals surface area contributed by atoms with E-state index in [9.17, 15) is 4.79 Å². The molecule has 1 amide bonds.